The number of nitrogens with zero attached hydrogens (tertiary/aromatic N) is 2. The molecule has 1 saturated carbocycles. The number of benzene rings is 1. The highest BCUT2D eigenvalue weighted by atomic mass is 16.5. The van der Waals surface area contributed by atoms with E-state index >= 15 is 0 Å². The minimum atomic E-state index is -1.10. The van der Waals surface area contributed by atoms with Crippen molar-refractivity contribution >= 4 is 17.5 Å². The average molecular weight is 512 g/mol. The molecule has 0 aliphatic heterocycles. The summed E-state index contributed by atoms with van der Waals surface area (Å²) in [4.78, 5) is 29.6. The van der Waals surface area contributed by atoms with Gasteiger partial charge in [-0.1, -0.05) is 43.8 Å². The number of ether oxygens (including phenoxy) is 2. The summed E-state index contributed by atoms with van der Waals surface area (Å²) in [6, 6.07) is 14.7. The highest BCUT2D eigenvalue weighted by Crippen LogP contribution is 2.34. The minimum Gasteiger partial charge on any atom is -0.443 e. The molecule has 1 aromatic carbocycles. The lowest BCUT2D eigenvalue weighted by molar-refractivity contribution is -0.126. The second-order valence-electron chi connectivity index (χ2n) is 9.78. The van der Waals surface area contributed by atoms with Crippen LogP contribution in [0.4, 0.5) is 4.79 Å². The Morgan fingerprint density at radius 1 is 1.16 bits per heavy atom. The van der Waals surface area contributed by atoms with Crippen molar-refractivity contribution in [1.82, 2.24) is 20.0 Å². The van der Waals surface area contributed by atoms with Gasteiger partial charge in [0.25, 0.3) is 0 Å². The molecule has 2 aromatic heterocycles. The van der Waals surface area contributed by atoms with Gasteiger partial charge in [-0.2, -0.15) is 0 Å². The van der Waals surface area contributed by atoms with Gasteiger partial charge in [0.2, 0.25) is 5.91 Å². The minimum absolute atomic E-state index is 0. The van der Waals surface area contributed by atoms with E-state index in [-0.39, 0.29) is 33.2 Å². The Bertz CT molecular complexity index is 1200. The van der Waals surface area contributed by atoms with Crippen molar-refractivity contribution in [3.05, 3.63) is 71.8 Å². The summed E-state index contributed by atoms with van der Waals surface area (Å²) in [6.07, 6.45) is 2.54. The molecule has 3 aromatic rings. The van der Waals surface area contributed by atoms with E-state index < -0.39 is 23.2 Å². The number of aliphatic hydroxyl groups is 1. The van der Waals surface area contributed by atoms with Crippen LogP contribution in [0.3, 0.4) is 0 Å². The summed E-state index contributed by atoms with van der Waals surface area (Å²) in [6.45, 7) is 3.64. The van der Waals surface area contributed by atoms with Crippen LogP contribution in [0, 0.1) is 0 Å². The molecule has 37 heavy (non-hydrogen) atoms. The van der Waals surface area contributed by atoms with E-state index in [0.29, 0.717) is 18.1 Å². The van der Waals surface area contributed by atoms with Gasteiger partial charge in [-0.05, 0) is 44.4 Å². The molecular formula is C27H37N5O5. The Hall–Kier alpha value is -3.47. The maximum Gasteiger partial charge on any atom is 0.408 e. The SMILES string of the molecule is C.CC(C)(N)C(=O)N[C@H](COCc1ccccc1)c1ncc2cccc(COC(=O)NC3(CO)CC3)n12. The van der Waals surface area contributed by atoms with Crippen molar-refractivity contribution in [1.29, 1.82) is 0 Å². The summed E-state index contributed by atoms with van der Waals surface area (Å²) in [5, 5.41) is 15.1. The molecule has 0 spiro atoms. The van der Waals surface area contributed by atoms with Gasteiger partial charge in [-0.25, -0.2) is 9.78 Å². The number of imidazole rings is 1. The molecule has 1 aliphatic carbocycles. The number of aromatic nitrogens is 2. The molecular weight excluding hydrogens is 474 g/mol. The van der Waals surface area contributed by atoms with Gasteiger partial charge in [0, 0.05) is 0 Å². The standard InChI is InChI=1S/C26H33N5O5.CH4/c1-25(2,27)23(33)29-21(16-35-14-18-7-4-3-5-8-18)22-28-13-19-9-6-10-20(31(19)22)15-36-24(34)30-26(17-32)11-12-26;/h3-10,13,21,32H,11-12,14-17,27H2,1-2H3,(H,29,33)(H,30,34);1H4/t21-;/m1./s1. The van der Waals surface area contributed by atoms with Gasteiger partial charge in [0.1, 0.15) is 18.5 Å². The van der Waals surface area contributed by atoms with Crippen LogP contribution < -0.4 is 16.4 Å². The van der Waals surface area contributed by atoms with Gasteiger partial charge < -0.3 is 30.9 Å². The Morgan fingerprint density at radius 3 is 2.54 bits per heavy atom. The van der Waals surface area contributed by atoms with Crippen molar-refractivity contribution in [3.8, 4) is 0 Å². The molecule has 0 radical (unpaired) electrons. The fourth-order valence-corrected chi connectivity index (χ4v) is 3.76. The van der Waals surface area contributed by atoms with Crippen LogP contribution >= 0.6 is 0 Å². The molecule has 2 heterocycles. The first kappa shape index (κ1) is 28.1. The van der Waals surface area contributed by atoms with Gasteiger partial charge in [0.05, 0.1) is 48.3 Å². The second kappa shape index (κ2) is 11.7. The van der Waals surface area contributed by atoms with E-state index in [0.717, 1.165) is 23.9 Å². The largest absolute Gasteiger partial charge is 0.443 e. The fourth-order valence-electron chi connectivity index (χ4n) is 3.76. The first-order valence-corrected chi connectivity index (χ1v) is 11.9. The highest BCUT2D eigenvalue weighted by molar-refractivity contribution is 5.85. The summed E-state index contributed by atoms with van der Waals surface area (Å²) in [5.41, 5.74) is 6.81. The van der Waals surface area contributed by atoms with E-state index in [1.54, 1.807) is 20.0 Å². The van der Waals surface area contributed by atoms with Crippen molar-refractivity contribution in [3.63, 3.8) is 0 Å². The van der Waals surface area contributed by atoms with E-state index in [1.807, 2.05) is 52.9 Å². The van der Waals surface area contributed by atoms with Crippen LogP contribution in [0.25, 0.3) is 5.52 Å². The monoisotopic (exact) mass is 511 g/mol. The number of nitrogens with two attached hydrogens (primary N) is 1. The highest BCUT2D eigenvalue weighted by Gasteiger charge is 2.44. The molecule has 0 bridgehead atoms. The molecule has 200 valence electrons. The lowest BCUT2D eigenvalue weighted by atomic mass is 10.1. The van der Waals surface area contributed by atoms with E-state index in [1.165, 1.54) is 0 Å². The van der Waals surface area contributed by atoms with Crippen molar-refractivity contribution < 1.29 is 24.2 Å². The Balaban J connectivity index is 0.00000380. The number of alkyl carbamates (subject to hydrolysis) is 1. The molecule has 10 nitrogen and oxygen atoms in total. The van der Waals surface area contributed by atoms with Crippen LogP contribution in [0.2, 0.25) is 0 Å². The van der Waals surface area contributed by atoms with Gasteiger partial charge >= 0.3 is 6.09 Å². The maximum atomic E-state index is 12.8. The number of rotatable bonds is 11. The third-order valence-electron chi connectivity index (χ3n) is 6.13. The van der Waals surface area contributed by atoms with E-state index in [2.05, 4.69) is 15.6 Å². The van der Waals surface area contributed by atoms with Crippen molar-refractivity contribution in [2.75, 3.05) is 13.2 Å². The third-order valence-corrected chi connectivity index (χ3v) is 6.13. The average Bonchev–Trinajstić information content (AvgIpc) is 3.49. The summed E-state index contributed by atoms with van der Waals surface area (Å²) >= 11 is 0. The predicted octanol–water partition coefficient (Wildman–Crippen LogP) is 2.83. The number of fused-ring (bicyclic) bond motifs is 1. The summed E-state index contributed by atoms with van der Waals surface area (Å²) in [7, 11) is 0. The molecule has 1 aliphatic rings. The topological polar surface area (TPSA) is 140 Å². The zero-order valence-corrected chi connectivity index (χ0v) is 20.6. The summed E-state index contributed by atoms with van der Waals surface area (Å²) in [5.74, 6) is 0.184. The van der Waals surface area contributed by atoms with Crippen LogP contribution in [-0.2, 0) is 27.5 Å². The van der Waals surface area contributed by atoms with Crippen LogP contribution in [0.5, 0.6) is 0 Å². The molecule has 0 unspecified atom stereocenters. The number of carbonyl (C=O) groups excluding carboxylic acids is 2. The van der Waals surface area contributed by atoms with Crippen LogP contribution in [-0.4, -0.2) is 50.8 Å². The number of nitrogens with one attached hydrogen (secondary N) is 2. The normalized spacial score (nSPS) is 14.9. The lowest BCUT2D eigenvalue weighted by Crippen LogP contribution is -2.51. The number of amides is 2. The summed E-state index contributed by atoms with van der Waals surface area (Å²) < 4.78 is 13.2. The molecule has 1 atom stereocenters. The third kappa shape index (κ3) is 7.06. The molecule has 2 amide bonds. The molecule has 5 N–H and O–H groups in total. The fraction of sp³-hybridized carbons (Fsp3) is 0.444. The van der Waals surface area contributed by atoms with Gasteiger partial charge in [-0.3, -0.25) is 9.20 Å². The smallest absolute Gasteiger partial charge is 0.408 e. The number of hydrogen-bond donors (Lipinski definition) is 4. The Morgan fingerprint density at radius 2 is 1.89 bits per heavy atom. The van der Waals surface area contributed by atoms with Gasteiger partial charge in [-0.15, -0.1) is 0 Å². The number of pyridine rings is 1. The number of carbonyl (C=O) groups is 2. The number of aliphatic hydroxyl groups excluding tert-OH is 1. The zero-order chi connectivity index (χ0) is 25.8. The second-order valence-corrected chi connectivity index (χ2v) is 9.78. The van der Waals surface area contributed by atoms with Gasteiger partial charge in [0.15, 0.2) is 0 Å². The molecule has 10 heteroatoms. The van der Waals surface area contributed by atoms with Crippen molar-refractivity contribution in [2.45, 2.75) is 64.4 Å². The molecule has 0 saturated heterocycles. The first-order chi connectivity index (χ1) is 17.2. The number of hydrogen-bond acceptors (Lipinski definition) is 7. The van der Waals surface area contributed by atoms with Crippen LogP contribution in [0.1, 0.15) is 57.2 Å². The first-order valence-electron chi connectivity index (χ1n) is 11.9. The predicted molar refractivity (Wildman–Crippen MR) is 140 cm³/mol. The van der Waals surface area contributed by atoms with Crippen molar-refractivity contribution in [2.24, 2.45) is 5.73 Å². The Kier molecular flexibility index (Phi) is 8.90. The quantitative estimate of drug-likeness (QED) is 0.310. The maximum absolute atomic E-state index is 12.8. The van der Waals surface area contributed by atoms with Crippen LogP contribution in [0.15, 0.2) is 54.7 Å². The van der Waals surface area contributed by atoms with E-state index in [9.17, 15) is 14.7 Å². The Labute approximate surface area is 217 Å². The van der Waals surface area contributed by atoms with E-state index in [4.69, 9.17) is 15.2 Å². The molecule has 1 fully saturated rings. The lowest BCUT2D eigenvalue weighted by Gasteiger charge is -2.24. The molecule has 4 rings (SSSR count). The zero-order valence-electron chi connectivity index (χ0n) is 20.6.